The lowest BCUT2D eigenvalue weighted by atomic mass is 10.1. The molecular weight excluding hydrogens is 228 g/mol. The lowest BCUT2D eigenvalue weighted by molar-refractivity contribution is 0.112. The summed E-state index contributed by atoms with van der Waals surface area (Å²) in [5, 5.41) is 0. The van der Waals surface area contributed by atoms with Crippen LogP contribution in [0.2, 0.25) is 0 Å². The van der Waals surface area contributed by atoms with E-state index in [1.165, 1.54) is 0 Å². The van der Waals surface area contributed by atoms with E-state index < -0.39 is 0 Å². The zero-order valence-electron chi connectivity index (χ0n) is 9.46. The Morgan fingerprint density at radius 2 is 1.94 bits per heavy atom. The molecule has 4 nitrogen and oxygen atoms in total. The fraction of sp³-hybridized carbons (Fsp3) is 0. The highest BCUT2D eigenvalue weighted by Crippen LogP contribution is 2.28. The van der Waals surface area contributed by atoms with Gasteiger partial charge >= 0.3 is 0 Å². The van der Waals surface area contributed by atoms with Gasteiger partial charge in [0.05, 0.1) is 5.69 Å². The van der Waals surface area contributed by atoms with Gasteiger partial charge in [-0.05, 0) is 18.2 Å². The third-order valence-electron chi connectivity index (χ3n) is 2.77. The number of hydrogen-bond acceptors (Lipinski definition) is 4. The summed E-state index contributed by atoms with van der Waals surface area (Å²) < 4.78 is 5.63. The molecule has 3 aromatic rings. The summed E-state index contributed by atoms with van der Waals surface area (Å²) in [4.78, 5) is 15.3. The van der Waals surface area contributed by atoms with Gasteiger partial charge in [0.25, 0.3) is 0 Å². The molecule has 0 amide bonds. The highest BCUT2D eigenvalue weighted by atomic mass is 16.3. The molecule has 18 heavy (non-hydrogen) atoms. The van der Waals surface area contributed by atoms with Crippen molar-refractivity contribution in [1.82, 2.24) is 4.98 Å². The number of carbonyl (C=O) groups excluding carboxylic acids is 1. The molecule has 0 fully saturated rings. The Labute approximate surface area is 103 Å². The summed E-state index contributed by atoms with van der Waals surface area (Å²) in [6, 6.07) is 12.5. The molecule has 0 unspecified atom stereocenters. The molecule has 0 saturated carbocycles. The number of aromatic nitrogens is 1. The number of nitrogens with two attached hydrogens (primary N) is 1. The number of rotatable bonds is 2. The zero-order chi connectivity index (χ0) is 12.5. The van der Waals surface area contributed by atoms with Crippen LogP contribution in [-0.2, 0) is 0 Å². The Morgan fingerprint density at radius 3 is 2.72 bits per heavy atom. The number of aldehydes is 1. The minimum Gasteiger partial charge on any atom is -0.436 e. The van der Waals surface area contributed by atoms with Crippen LogP contribution in [0.3, 0.4) is 0 Å². The maximum atomic E-state index is 11.0. The summed E-state index contributed by atoms with van der Waals surface area (Å²) in [5.41, 5.74) is 8.84. The number of carbonyl (C=O) groups is 1. The molecule has 1 heterocycles. The van der Waals surface area contributed by atoms with Crippen LogP contribution in [0.15, 0.2) is 46.9 Å². The van der Waals surface area contributed by atoms with Gasteiger partial charge in [0.1, 0.15) is 5.52 Å². The van der Waals surface area contributed by atoms with E-state index >= 15 is 0 Å². The maximum Gasteiger partial charge on any atom is 0.228 e. The molecule has 0 saturated heterocycles. The van der Waals surface area contributed by atoms with Crippen molar-refractivity contribution in [2.75, 3.05) is 5.73 Å². The molecule has 2 N–H and O–H groups in total. The Bertz CT molecular complexity index is 731. The summed E-state index contributed by atoms with van der Waals surface area (Å²) >= 11 is 0. The minimum atomic E-state index is 0.408. The van der Waals surface area contributed by atoms with Crippen LogP contribution in [0.1, 0.15) is 10.4 Å². The standard InChI is InChI=1S/C14H10N2O2/c15-11-6-3-7-12-13(11)16-14(18-12)10-5-2-1-4-9(10)8-17/h1-8H,15H2. The normalized spacial score (nSPS) is 10.7. The van der Waals surface area contributed by atoms with Crippen LogP contribution in [0.4, 0.5) is 5.69 Å². The van der Waals surface area contributed by atoms with E-state index in [0.717, 1.165) is 6.29 Å². The number of hydrogen-bond donors (Lipinski definition) is 1. The van der Waals surface area contributed by atoms with Crippen LogP contribution >= 0.6 is 0 Å². The maximum absolute atomic E-state index is 11.0. The second-order valence-electron chi connectivity index (χ2n) is 3.92. The monoisotopic (exact) mass is 238 g/mol. The minimum absolute atomic E-state index is 0.408. The van der Waals surface area contributed by atoms with Crippen molar-refractivity contribution in [3.05, 3.63) is 48.0 Å². The Morgan fingerprint density at radius 1 is 1.11 bits per heavy atom. The quantitative estimate of drug-likeness (QED) is 0.550. The Kier molecular flexibility index (Phi) is 2.34. The molecule has 1 aromatic heterocycles. The van der Waals surface area contributed by atoms with Gasteiger partial charge in [-0.15, -0.1) is 0 Å². The molecule has 0 aliphatic heterocycles. The van der Waals surface area contributed by atoms with Gasteiger partial charge in [-0.3, -0.25) is 4.79 Å². The second-order valence-corrected chi connectivity index (χ2v) is 3.92. The van der Waals surface area contributed by atoms with Crippen LogP contribution < -0.4 is 5.73 Å². The average molecular weight is 238 g/mol. The van der Waals surface area contributed by atoms with Crippen molar-refractivity contribution in [2.45, 2.75) is 0 Å². The summed E-state index contributed by atoms with van der Waals surface area (Å²) in [6.45, 7) is 0. The molecule has 0 spiro atoms. The third-order valence-corrected chi connectivity index (χ3v) is 2.77. The summed E-state index contributed by atoms with van der Waals surface area (Å²) in [5.74, 6) is 0.408. The van der Waals surface area contributed by atoms with E-state index in [1.807, 2.05) is 6.07 Å². The lowest BCUT2D eigenvalue weighted by Gasteiger charge is -1.97. The van der Waals surface area contributed by atoms with Gasteiger partial charge in [0.2, 0.25) is 5.89 Å². The molecule has 0 aliphatic rings. The molecule has 2 aromatic carbocycles. The first-order valence-corrected chi connectivity index (χ1v) is 5.49. The van der Waals surface area contributed by atoms with Gasteiger partial charge in [-0.2, -0.15) is 0 Å². The van der Waals surface area contributed by atoms with Crippen molar-refractivity contribution in [3.63, 3.8) is 0 Å². The van der Waals surface area contributed by atoms with E-state index in [0.29, 0.717) is 33.8 Å². The molecule has 0 aliphatic carbocycles. The fourth-order valence-corrected chi connectivity index (χ4v) is 1.88. The van der Waals surface area contributed by atoms with Crippen LogP contribution in [0.5, 0.6) is 0 Å². The van der Waals surface area contributed by atoms with Crippen molar-refractivity contribution >= 4 is 23.1 Å². The highest BCUT2D eigenvalue weighted by molar-refractivity contribution is 5.90. The highest BCUT2D eigenvalue weighted by Gasteiger charge is 2.12. The number of oxazole rings is 1. The molecule has 88 valence electrons. The van der Waals surface area contributed by atoms with E-state index in [4.69, 9.17) is 10.2 Å². The number of benzene rings is 2. The number of fused-ring (bicyclic) bond motifs is 1. The van der Waals surface area contributed by atoms with E-state index in [-0.39, 0.29) is 0 Å². The van der Waals surface area contributed by atoms with Crippen LogP contribution in [0.25, 0.3) is 22.6 Å². The van der Waals surface area contributed by atoms with Gasteiger partial charge in [0, 0.05) is 11.1 Å². The van der Waals surface area contributed by atoms with Gasteiger partial charge in [0.15, 0.2) is 11.9 Å². The Hall–Kier alpha value is -2.62. The van der Waals surface area contributed by atoms with E-state index in [1.54, 1.807) is 36.4 Å². The van der Waals surface area contributed by atoms with Gasteiger partial charge < -0.3 is 10.2 Å². The van der Waals surface area contributed by atoms with E-state index in [2.05, 4.69) is 4.98 Å². The first kappa shape index (κ1) is 10.5. The van der Waals surface area contributed by atoms with Crippen molar-refractivity contribution < 1.29 is 9.21 Å². The summed E-state index contributed by atoms with van der Waals surface area (Å²) in [7, 11) is 0. The topological polar surface area (TPSA) is 69.1 Å². The molecule has 0 bridgehead atoms. The smallest absolute Gasteiger partial charge is 0.228 e. The Balaban J connectivity index is 2.26. The van der Waals surface area contributed by atoms with Crippen molar-refractivity contribution in [1.29, 1.82) is 0 Å². The SMILES string of the molecule is Nc1cccc2oc(-c3ccccc3C=O)nc12. The fourth-order valence-electron chi connectivity index (χ4n) is 1.88. The number of para-hydroxylation sites is 1. The second kappa shape index (κ2) is 4.00. The first-order chi connectivity index (χ1) is 8.79. The third kappa shape index (κ3) is 1.55. The molecule has 4 heteroatoms. The van der Waals surface area contributed by atoms with Gasteiger partial charge in [-0.25, -0.2) is 4.98 Å². The van der Waals surface area contributed by atoms with Crippen molar-refractivity contribution in [3.8, 4) is 11.5 Å². The summed E-state index contributed by atoms with van der Waals surface area (Å²) in [6.07, 6.45) is 0.785. The van der Waals surface area contributed by atoms with Crippen molar-refractivity contribution in [2.24, 2.45) is 0 Å². The number of nitrogen functional groups attached to an aromatic ring is 1. The first-order valence-electron chi connectivity index (χ1n) is 5.49. The van der Waals surface area contributed by atoms with E-state index in [9.17, 15) is 4.79 Å². The zero-order valence-corrected chi connectivity index (χ0v) is 9.46. The predicted molar refractivity (Wildman–Crippen MR) is 69.2 cm³/mol. The molecular formula is C14H10N2O2. The predicted octanol–water partition coefficient (Wildman–Crippen LogP) is 2.89. The lowest BCUT2D eigenvalue weighted by Crippen LogP contribution is -1.87. The molecule has 3 rings (SSSR count). The largest absolute Gasteiger partial charge is 0.436 e. The number of nitrogens with zero attached hydrogens (tertiary/aromatic N) is 1. The van der Waals surface area contributed by atoms with Crippen LogP contribution in [-0.4, -0.2) is 11.3 Å². The number of anilines is 1. The molecule has 0 atom stereocenters. The van der Waals surface area contributed by atoms with Crippen LogP contribution in [0, 0.1) is 0 Å². The van der Waals surface area contributed by atoms with Gasteiger partial charge in [-0.1, -0.05) is 24.3 Å². The molecule has 0 radical (unpaired) electrons. The average Bonchev–Trinajstić information content (AvgIpc) is 2.84.